The van der Waals surface area contributed by atoms with E-state index in [-0.39, 0.29) is 0 Å². The van der Waals surface area contributed by atoms with Gasteiger partial charge in [-0.1, -0.05) is 20.8 Å². The van der Waals surface area contributed by atoms with Crippen LogP contribution in [0.25, 0.3) is 0 Å². The number of nitrogens with one attached hydrogen (secondary N) is 1. The fraction of sp³-hybridized carbons (Fsp3) is 0.706. The maximum absolute atomic E-state index is 5.31. The molecule has 0 amide bonds. The number of pyridine rings is 1. The molecule has 1 aromatic heterocycles. The zero-order valence-corrected chi connectivity index (χ0v) is 13.3. The molecule has 20 heavy (non-hydrogen) atoms. The first-order chi connectivity index (χ1) is 9.55. The first-order valence-electron chi connectivity index (χ1n) is 7.78. The van der Waals surface area contributed by atoms with E-state index in [4.69, 9.17) is 4.74 Å². The molecule has 1 aromatic rings. The molecule has 2 rings (SSSR count). The first kappa shape index (κ1) is 15.3. The van der Waals surface area contributed by atoms with Crippen molar-refractivity contribution < 1.29 is 4.74 Å². The second-order valence-corrected chi connectivity index (χ2v) is 6.70. The highest BCUT2D eigenvalue weighted by atomic mass is 16.5. The third-order valence-electron chi connectivity index (χ3n) is 4.61. The normalized spacial score (nSPS) is 20.6. The van der Waals surface area contributed by atoms with E-state index in [1.165, 1.54) is 31.2 Å². The van der Waals surface area contributed by atoms with Gasteiger partial charge in [0.25, 0.3) is 0 Å². The summed E-state index contributed by atoms with van der Waals surface area (Å²) in [5.74, 6) is 1.55. The number of hydrogen-bond acceptors (Lipinski definition) is 3. The summed E-state index contributed by atoms with van der Waals surface area (Å²) in [5, 5.41) is 3.65. The van der Waals surface area contributed by atoms with Gasteiger partial charge in [0.05, 0.1) is 13.3 Å². The number of ether oxygens (including phenoxy) is 1. The van der Waals surface area contributed by atoms with Gasteiger partial charge in [0, 0.05) is 12.2 Å². The lowest BCUT2D eigenvalue weighted by Gasteiger charge is -2.38. The highest BCUT2D eigenvalue weighted by molar-refractivity contribution is 5.26. The molecule has 1 aliphatic carbocycles. The first-order valence-corrected chi connectivity index (χ1v) is 7.78. The number of hydrogen-bond donors (Lipinski definition) is 1. The molecule has 1 N–H and O–H groups in total. The van der Waals surface area contributed by atoms with E-state index in [2.05, 4.69) is 37.1 Å². The monoisotopic (exact) mass is 276 g/mol. The predicted octanol–water partition coefficient (Wildman–Crippen LogP) is 3.96. The minimum atomic E-state index is 0.402. The van der Waals surface area contributed by atoms with Gasteiger partial charge in [-0.2, -0.15) is 0 Å². The van der Waals surface area contributed by atoms with Crippen LogP contribution in [0.15, 0.2) is 18.5 Å². The molecule has 1 aliphatic rings. The molecule has 0 aliphatic heterocycles. The Labute approximate surface area is 123 Å². The Hall–Kier alpha value is -1.09. The molecule has 0 aromatic carbocycles. The van der Waals surface area contributed by atoms with E-state index in [1.54, 1.807) is 13.3 Å². The average Bonchev–Trinajstić information content (AvgIpc) is 2.45. The Bertz CT molecular complexity index is 421. The third-order valence-corrected chi connectivity index (χ3v) is 4.61. The number of nitrogens with zero attached hydrogens (tertiary/aromatic N) is 1. The zero-order valence-electron chi connectivity index (χ0n) is 13.3. The van der Waals surface area contributed by atoms with Gasteiger partial charge in [-0.15, -0.1) is 0 Å². The van der Waals surface area contributed by atoms with Crippen LogP contribution in [0.2, 0.25) is 0 Å². The molecule has 0 saturated heterocycles. The lowest BCUT2D eigenvalue weighted by molar-refractivity contribution is 0.162. The topological polar surface area (TPSA) is 34.2 Å². The summed E-state index contributed by atoms with van der Waals surface area (Å²) in [6, 6.07) is 2.53. The van der Waals surface area contributed by atoms with Crippen LogP contribution < -0.4 is 10.1 Å². The van der Waals surface area contributed by atoms with Gasteiger partial charge in [-0.3, -0.25) is 4.98 Å². The van der Waals surface area contributed by atoms with Crippen LogP contribution in [0.3, 0.4) is 0 Å². The molecule has 0 radical (unpaired) electrons. The Balaban J connectivity index is 2.14. The van der Waals surface area contributed by atoms with Crippen molar-refractivity contribution in [1.29, 1.82) is 0 Å². The number of methoxy groups -OCH3 is 1. The van der Waals surface area contributed by atoms with E-state index < -0.39 is 0 Å². The fourth-order valence-electron chi connectivity index (χ4n) is 3.25. The minimum absolute atomic E-state index is 0.402. The highest BCUT2D eigenvalue weighted by Gasteiger charge is 2.31. The van der Waals surface area contributed by atoms with E-state index in [0.717, 1.165) is 12.3 Å². The summed E-state index contributed by atoms with van der Waals surface area (Å²) >= 11 is 0. The Morgan fingerprint density at radius 1 is 1.35 bits per heavy atom. The Morgan fingerprint density at radius 3 is 2.65 bits per heavy atom. The summed E-state index contributed by atoms with van der Waals surface area (Å²) in [6.07, 6.45) is 8.98. The van der Waals surface area contributed by atoms with Gasteiger partial charge < -0.3 is 10.1 Å². The molecule has 1 unspecified atom stereocenters. The number of aromatic nitrogens is 1. The smallest absolute Gasteiger partial charge is 0.137 e. The predicted molar refractivity (Wildman–Crippen MR) is 82.9 cm³/mol. The van der Waals surface area contributed by atoms with Crippen LogP contribution in [0, 0.1) is 11.3 Å². The van der Waals surface area contributed by atoms with Crippen molar-refractivity contribution in [3.05, 3.63) is 24.0 Å². The molecule has 3 heteroatoms. The molecule has 0 spiro atoms. The average molecular weight is 276 g/mol. The quantitative estimate of drug-likeness (QED) is 0.884. The summed E-state index contributed by atoms with van der Waals surface area (Å²) < 4.78 is 5.31. The summed E-state index contributed by atoms with van der Waals surface area (Å²) in [4.78, 5) is 4.32. The molecule has 0 bridgehead atoms. The van der Waals surface area contributed by atoms with Crippen molar-refractivity contribution in [3.63, 3.8) is 0 Å². The van der Waals surface area contributed by atoms with E-state index in [1.807, 2.05) is 6.20 Å². The van der Waals surface area contributed by atoms with E-state index >= 15 is 0 Å². The van der Waals surface area contributed by atoms with Gasteiger partial charge in [0.2, 0.25) is 0 Å². The second-order valence-electron chi connectivity index (χ2n) is 6.70. The van der Waals surface area contributed by atoms with Gasteiger partial charge in [0.15, 0.2) is 0 Å². The van der Waals surface area contributed by atoms with Crippen LogP contribution in [0.5, 0.6) is 5.75 Å². The molecular formula is C17H28N2O. The zero-order chi connectivity index (χ0) is 14.6. The van der Waals surface area contributed by atoms with Crippen LogP contribution in [-0.4, -0.2) is 18.6 Å². The highest BCUT2D eigenvalue weighted by Crippen LogP contribution is 2.42. The summed E-state index contributed by atoms with van der Waals surface area (Å²) in [7, 11) is 1.70. The Kier molecular flexibility index (Phi) is 5.03. The van der Waals surface area contributed by atoms with Crippen molar-refractivity contribution in [1.82, 2.24) is 10.3 Å². The van der Waals surface area contributed by atoms with Crippen molar-refractivity contribution in [3.8, 4) is 5.75 Å². The van der Waals surface area contributed by atoms with E-state index in [9.17, 15) is 0 Å². The molecule has 1 fully saturated rings. The van der Waals surface area contributed by atoms with E-state index in [0.29, 0.717) is 17.4 Å². The third kappa shape index (κ3) is 3.72. The second kappa shape index (κ2) is 6.57. The van der Waals surface area contributed by atoms with Gasteiger partial charge in [-0.25, -0.2) is 0 Å². The number of rotatable bonds is 5. The fourth-order valence-corrected chi connectivity index (χ4v) is 3.25. The molecule has 112 valence electrons. The largest absolute Gasteiger partial charge is 0.495 e. The van der Waals surface area contributed by atoms with Crippen molar-refractivity contribution in [2.75, 3.05) is 13.7 Å². The van der Waals surface area contributed by atoms with Crippen molar-refractivity contribution in [2.45, 2.75) is 52.5 Å². The SMILES string of the molecule is CCNC(c1cncc(OC)c1)C1CCC(C)(C)CC1. The van der Waals surface area contributed by atoms with Crippen molar-refractivity contribution in [2.24, 2.45) is 11.3 Å². The summed E-state index contributed by atoms with van der Waals surface area (Å²) in [6.45, 7) is 7.94. The molecule has 3 nitrogen and oxygen atoms in total. The molecule has 1 heterocycles. The maximum Gasteiger partial charge on any atom is 0.137 e. The maximum atomic E-state index is 5.31. The van der Waals surface area contributed by atoms with Crippen LogP contribution in [-0.2, 0) is 0 Å². The standard InChI is InChI=1S/C17H28N2O/c1-5-19-16(13-6-8-17(2,3)9-7-13)14-10-15(20-4)12-18-11-14/h10-13,16,19H,5-9H2,1-4H3. The Morgan fingerprint density at radius 2 is 2.05 bits per heavy atom. The molecular weight excluding hydrogens is 248 g/mol. The molecule has 1 saturated carbocycles. The van der Waals surface area contributed by atoms with Crippen molar-refractivity contribution >= 4 is 0 Å². The minimum Gasteiger partial charge on any atom is -0.495 e. The van der Waals surface area contributed by atoms with Gasteiger partial charge in [0.1, 0.15) is 5.75 Å². The van der Waals surface area contributed by atoms with Gasteiger partial charge in [-0.05, 0) is 55.2 Å². The molecule has 1 atom stereocenters. The van der Waals surface area contributed by atoms with Crippen LogP contribution >= 0.6 is 0 Å². The van der Waals surface area contributed by atoms with Crippen LogP contribution in [0.1, 0.15) is 58.1 Å². The van der Waals surface area contributed by atoms with Crippen LogP contribution in [0.4, 0.5) is 0 Å². The lowest BCUT2D eigenvalue weighted by atomic mass is 9.70. The lowest BCUT2D eigenvalue weighted by Crippen LogP contribution is -2.32. The van der Waals surface area contributed by atoms with Gasteiger partial charge >= 0.3 is 0 Å². The summed E-state index contributed by atoms with van der Waals surface area (Å²) in [5.41, 5.74) is 1.77.